The van der Waals surface area contributed by atoms with Gasteiger partial charge < -0.3 is 0 Å². The van der Waals surface area contributed by atoms with E-state index in [4.69, 9.17) is 11.6 Å². The van der Waals surface area contributed by atoms with Crippen LogP contribution < -0.4 is 5.56 Å². The molecule has 0 aromatic carbocycles. The summed E-state index contributed by atoms with van der Waals surface area (Å²) in [5.41, 5.74) is 0.528. The Labute approximate surface area is 154 Å². The van der Waals surface area contributed by atoms with Crippen LogP contribution in [0, 0.1) is 0 Å². The molecule has 5 nitrogen and oxygen atoms in total. The summed E-state index contributed by atoms with van der Waals surface area (Å²) in [5, 5.41) is -0.176. The highest BCUT2D eigenvalue weighted by Crippen LogP contribution is 2.29. The van der Waals surface area contributed by atoms with Gasteiger partial charge in [0.05, 0.1) is 5.69 Å². The van der Waals surface area contributed by atoms with E-state index in [1.54, 1.807) is 13.0 Å². The minimum Gasteiger partial charge on any atom is -0.267 e. The van der Waals surface area contributed by atoms with Gasteiger partial charge in [-0.2, -0.15) is 0 Å². The average molecular weight is 381 g/mol. The Morgan fingerprint density at radius 2 is 2.00 bits per heavy atom. The molecule has 0 aliphatic carbocycles. The van der Waals surface area contributed by atoms with Gasteiger partial charge in [-0.3, -0.25) is 9.20 Å². The van der Waals surface area contributed by atoms with Crippen LogP contribution in [0.25, 0.3) is 17.0 Å². The molecule has 3 heterocycles. The van der Waals surface area contributed by atoms with Crippen LogP contribution in [-0.4, -0.2) is 19.4 Å². The van der Waals surface area contributed by atoms with Crippen LogP contribution in [0.3, 0.4) is 0 Å². The molecular weight excluding hydrogens is 362 g/mol. The summed E-state index contributed by atoms with van der Waals surface area (Å²) in [7, 11) is 0. The monoisotopic (exact) mass is 380 g/mol. The molecule has 0 saturated carbocycles. The number of pyridine rings is 1. The fraction of sp³-hybridized carbons (Fsp3) is 0.333. The molecule has 3 aromatic rings. The maximum Gasteiger partial charge on any atom is 0.277 e. The summed E-state index contributed by atoms with van der Waals surface area (Å²) in [6.45, 7) is 6.58. The molecule has 26 heavy (non-hydrogen) atoms. The van der Waals surface area contributed by atoms with Gasteiger partial charge in [-0.1, -0.05) is 32.4 Å². The Balaban J connectivity index is 0.00000117. The van der Waals surface area contributed by atoms with Gasteiger partial charge >= 0.3 is 0 Å². The molecule has 0 amide bonds. The maximum absolute atomic E-state index is 13.7. The Kier molecular flexibility index (Phi) is 6.02. The molecule has 0 aliphatic rings. The fourth-order valence-corrected chi connectivity index (χ4v) is 2.62. The first-order chi connectivity index (χ1) is 12.3. The molecule has 0 spiro atoms. The lowest BCUT2D eigenvalue weighted by molar-refractivity contribution is 0.0169. The standard InChI is InChI=1S/C16H13ClF2N4O.C2H6/c1-3-9-6-10(16(2,18)19)7-23-14(9)22-13(12(17)15(23)24)11-4-5-20-8-21-11;1-2/h4-8H,3H2,1-2H3;1-2H3. The van der Waals surface area contributed by atoms with Crippen molar-refractivity contribution in [2.24, 2.45) is 0 Å². The van der Waals surface area contributed by atoms with Gasteiger partial charge in [0, 0.05) is 24.9 Å². The van der Waals surface area contributed by atoms with Crippen LogP contribution in [0.4, 0.5) is 8.78 Å². The van der Waals surface area contributed by atoms with Crippen molar-refractivity contribution in [3.8, 4) is 11.4 Å². The second-order valence-electron chi connectivity index (χ2n) is 5.36. The molecule has 0 unspecified atom stereocenters. The highest BCUT2D eigenvalue weighted by Gasteiger charge is 2.27. The predicted octanol–water partition coefficient (Wildman–Crippen LogP) is 4.51. The molecule has 3 rings (SSSR count). The number of aryl methyl sites for hydroxylation is 1. The predicted molar refractivity (Wildman–Crippen MR) is 97.8 cm³/mol. The number of hydrogen-bond donors (Lipinski definition) is 0. The van der Waals surface area contributed by atoms with Gasteiger partial charge in [0.15, 0.2) is 0 Å². The zero-order valence-corrected chi connectivity index (χ0v) is 15.7. The first-order valence-corrected chi connectivity index (χ1v) is 8.60. The van der Waals surface area contributed by atoms with Gasteiger partial charge in [0.2, 0.25) is 0 Å². The van der Waals surface area contributed by atoms with E-state index in [0.717, 1.165) is 17.5 Å². The third-order valence-electron chi connectivity index (χ3n) is 3.66. The number of alkyl halides is 2. The van der Waals surface area contributed by atoms with Crippen LogP contribution in [0.2, 0.25) is 5.02 Å². The summed E-state index contributed by atoms with van der Waals surface area (Å²) in [6.07, 6.45) is 4.34. The minimum absolute atomic E-state index is 0.176. The van der Waals surface area contributed by atoms with Gasteiger partial charge in [-0.05, 0) is 24.1 Å². The lowest BCUT2D eigenvalue weighted by atomic mass is 10.1. The Hall–Kier alpha value is -2.41. The van der Waals surface area contributed by atoms with E-state index in [1.165, 1.54) is 18.6 Å². The molecule has 138 valence electrons. The van der Waals surface area contributed by atoms with E-state index in [1.807, 2.05) is 13.8 Å². The van der Waals surface area contributed by atoms with Gasteiger partial charge in [0.1, 0.15) is 22.7 Å². The number of fused-ring (bicyclic) bond motifs is 1. The summed E-state index contributed by atoms with van der Waals surface area (Å²) in [5.74, 6) is -3.07. The molecule has 0 radical (unpaired) electrons. The Morgan fingerprint density at radius 3 is 2.54 bits per heavy atom. The number of rotatable bonds is 3. The van der Waals surface area contributed by atoms with Gasteiger partial charge in [0.25, 0.3) is 11.5 Å². The normalized spacial score (nSPS) is 11.2. The van der Waals surface area contributed by atoms with Crippen LogP contribution in [0.1, 0.15) is 38.8 Å². The smallest absolute Gasteiger partial charge is 0.267 e. The van der Waals surface area contributed by atoms with Crippen LogP contribution in [-0.2, 0) is 12.3 Å². The summed E-state index contributed by atoms with van der Waals surface area (Å²) in [6, 6.07) is 2.93. The van der Waals surface area contributed by atoms with Crippen molar-refractivity contribution in [3.05, 3.63) is 57.4 Å². The van der Waals surface area contributed by atoms with Crippen LogP contribution in [0.5, 0.6) is 0 Å². The largest absolute Gasteiger partial charge is 0.277 e. The zero-order chi connectivity index (χ0) is 19.5. The summed E-state index contributed by atoms with van der Waals surface area (Å²) >= 11 is 6.13. The van der Waals surface area contributed by atoms with E-state index in [2.05, 4.69) is 15.0 Å². The van der Waals surface area contributed by atoms with Crippen molar-refractivity contribution in [3.63, 3.8) is 0 Å². The van der Waals surface area contributed by atoms with Crippen molar-refractivity contribution in [2.45, 2.75) is 40.0 Å². The lowest BCUT2D eigenvalue weighted by Crippen LogP contribution is -2.21. The molecule has 8 heteroatoms. The summed E-state index contributed by atoms with van der Waals surface area (Å²) < 4.78 is 28.4. The second kappa shape index (κ2) is 7.86. The third kappa shape index (κ3) is 3.72. The Bertz CT molecular complexity index is 969. The van der Waals surface area contributed by atoms with E-state index < -0.39 is 11.5 Å². The van der Waals surface area contributed by atoms with Crippen LogP contribution in [0.15, 0.2) is 35.6 Å². The molecule has 3 aromatic heterocycles. The van der Waals surface area contributed by atoms with E-state index >= 15 is 0 Å². The zero-order valence-electron chi connectivity index (χ0n) is 14.9. The van der Waals surface area contributed by atoms with E-state index in [9.17, 15) is 13.6 Å². The Morgan fingerprint density at radius 1 is 1.31 bits per heavy atom. The van der Waals surface area contributed by atoms with E-state index in [-0.39, 0.29) is 21.9 Å². The molecule has 0 bridgehead atoms. The first-order valence-electron chi connectivity index (χ1n) is 8.22. The molecule has 0 fully saturated rings. The second-order valence-corrected chi connectivity index (χ2v) is 5.74. The van der Waals surface area contributed by atoms with E-state index in [0.29, 0.717) is 17.7 Å². The molecular formula is C18H19ClF2N4O. The van der Waals surface area contributed by atoms with Crippen molar-refractivity contribution < 1.29 is 8.78 Å². The fourth-order valence-electron chi connectivity index (χ4n) is 2.39. The number of hydrogen-bond acceptors (Lipinski definition) is 4. The molecule has 0 saturated heterocycles. The minimum atomic E-state index is -3.07. The quantitative estimate of drug-likeness (QED) is 0.671. The van der Waals surface area contributed by atoms with Crippen molar-refractivity contribution in [2.75, 3.05) is 0 Å². The summed E-state index contributed by atoms with van der Waals surface area (Å²) in [4.78, 5) is 24.8. The van der Waals surface area contributed by atoms with Gasteiger partial charge in [-0.15, -0.1) is 0 Å². The number of aromatic nitrogens is 4. The number of nitrogens with zero attached hydrogens (tertiary/aromatic N) is 4. The first kappa shape index (κ1) is 19.9. The van der Waals surface area contributed by atoms with Crippen molar-refractivity contribution in [1.82, 2.24) is 19.4 Å². The maximum atomic E-state index is 13.7. The lowest BCUT2D eigenvalue weighted by Gasteiger charge is -2.15. The highest BCUT2D eigenvalue weighted by molar-refractivity contribution is 6.32. The highest BCUT2D eigenvalue weighted by atomic mass is 35.5. The molecule has 0 N–H and O–H groups in total. The SMILES string of the molecule is CC.CCc1cc(C(C)(F)F)cn2c(=O)c(Cl)c(-c3ccncn3)nc12. The third-order valence-corrected chi connectivity index (χ3v) is 4.00. The molecule has 0 atom stereocenters. The average Bonchev–Trinajstić information content (AvgIpc) is 2.65. The van der Waals surface area contributed by atoms with Crippen molar-refractivity contribution >= 4 is 17.2 Å². The van der Waals surface area contributed by atoms with Crippen LogP contribution >= 0.6 is 11.6 Å². The van der Waals surface area contributed by atoms with Crippen molar-refractivity contribution in [1.29, 1.82) is 0 Å². The number of halogens is 3. The van der Waals surface area contributed by atoms with Gasteiger partial charge in [-0.25, -0.2) is 23.7 Å². The molecule has 0 aliphatic heterocycles. The topological polar surface area (TPSA) is 60.2 Å².